The van der Waals surface area contributed by atoms with Crippen molar-refractivity contribution in [3.05, 3.63) is 12.2 Å². The van der Waals surface area contributed by atoms with Crippen LogP contribution in [0.25, 0.3) is 0 Å². The summed E-state index contributed by atoms with van der Waals surface area (Å²) in [7, 11) is 0. The first-order valence-corrected chi connectivity index (χ1v) is 5.64. The molecule has 0 amide bonds. The molecule has 1 rings (SSSR count). The van der Waals surface area contributed by atoms with E-state index in [0.717, 1.165) is 24.9 Å². The molecule has 0 aliphatic heterocycles. The van der Waals surface area contributed by atoms with Crippen LogP contribution in [0.4, 0.5) is 0 Å². The Kier molecular flexibility index (Phi) is 4.51. The molecule has 0 spiro atoms. The molecule has 0 saturated heterocycles. The van der Waals surface area contributed by atoms with Crippen LogP contribution in [0.3, 0.4) is 0 Å². The Balaban J connectivity index is 2.22. The molecule has 1 aliphatic rings. The van der Waals surface area contributed by atoms with Crippen LogP contribution in [0.2, 0.25) is 0 Å². The zero-order valence-electron chi connectivity index (χ0n) is 9.10. The van der Waals surface area contributed by atoms with Crippen molar-refractivity contribution >= 4 is 0 Å². The van der Waals surface area contributed by atoms with E-state index in [2.05, 4.69) is 25.7 Å². The maximum Gasteiger partial charge on any atom is 0.0164 e. The summed E-state index contributed by atoms with van der Waals surface area (Å²) in [5.41, 5.74) is 1.33. The molecule has 1 saturated carbocycles. The third kappa shape index (κ3) is 3.51. The van der Waals surface area contributed by atoms with Gasteiger partial charge in [-0.05, 0) is 25.2 Å². The highest BCUT2D eigenvalue weighted by atomic mass is 14.9. The number of hydrogen-bond donors (Lipinski definition) is 1. The molecule has 0 radical (unpaired) electrons. The Morgan fingerprint density at radius 3 is 2.69 bits per heavy atom. The molecule has 0 bridgehead atoms. The van der Waals surface area contributed by atoms with Crippen molar-refractivity contribution in [1.29, 1.82) is 0 Å². The Hall–Kier alpha value is -0.300. The molecule has 13 heavy (non-hydrogen) atoms. The minimum Gasteiger partial charge on any atom is -0.310 e. The molecule has 0 aromatic rings. The van der Waals surface area contributed by atoms with Gasteiger partial charge in [0, 0.05) is 12.6 Å². The second-order valence-corrected chi connectivity index (χ2v) is 4.35. The van der Waals surface area contributed by atoms with Crippen LogP contribution < -0.4 is 5.32 Å². The standard InChI is InChI=1S/C12H23N/c1-4-10(2)9-13-12-8-6-5-7-11(12)3/h11-13H,2,4-9H2,1,3H3. The average Bonchev–Trinajstić information content (AvgIpc) is 2.16. The Morgan fingerprint density at radius 1 is 1.38 bits per heavy atom. The molecule has 1 aliphatic carbocycles. The summed E-state index contributed by atoms with van der Waals surface area (Å²) < 4.78 is 0. The van der Waals surface area contributed by atoms with Gasteiger partial charge in [-0.2, -0.15) is 0 Å². The monoisotopic (exact) mass is 181 g/mol. The fraction of sp³-hybridized carbons (Fsp3) is 0.833. The van der Waals surface area contributed by atoms with Gasteiger partial charge in [-0.15, -0.1) is 0 Å². The fourth-order valence-electron chi connectivity index (χ4n) is 2.02. The highest BCUT2D eigenvalue weighted by Crippen LogP contribution is 2.23. The van der Waals surface area contributed by atoms with Crippen molar-refractivity contribution in [3.63, 3.8) is 0 Å². The predicted molar refractivity (Wildman–Crippen MR) is 58.9 cm³/mol. The zero-order valence-corrected chi connectivity index (χ0v) is 9.10. The summed E-state index contributed by atoms with van der Waals surface area (Å²) in [5, 5.41) is 3.62. The predicted octanol–water partition coefficient (Wildman–Crippen LogP) is 3.12. The number of nitrogens with one attached hydrogen (secondary N) is 1. The van der Waals surface area contributed by atoms with Gasteiger partial charge in [-0.3, -0.25) is 0 Å². The van der Waals surface area contributed by atoms with Crippen molar-refractivity contribution in [1.82, 2.24) is 5.32 Å². The first-order valence-electron chi connectivity index (χ1n) is 5.64. The molecule has 2 atom stereocenters. The van der Waals surface area contributed by atoms with E-state index < -0.39 is 0 Å². The highest BCUT2D eigenvalue weighted by molar-refractivity contribution is 4.96. The third-order valence-electron chi connectivity index (χ3n) is 3.23. The lowest BCUT2D eigenvalue weighted by molar-refractivity contribution is 0.286. The van der Waals surface area contributed by atoms with Crippen LogP contribution in [-0.2, 0) is 0 Å². The molecule has 0 aromatic heterocycles. The lowest BCUT2D eigenvalue weighted by Crippen LogP contribution is -2.38. The van der Waals surface area contributed by atoms with Gasteiger partial charge >= 0.3 is 0 Å². The maximum atomic E-state index is 4.02. The number of hydrogen-bond acceptors (Lipinski definition) is 1. The Bertz CT molecular complexity index is 163. The molecular weight excluding hydrogens is 158 g/mol. The smallest absolute Gasteiger partial charge is 0.0164 e. The molecule has 1 heteroatoms. The first kappa shape index (κ1) is 10.8. The second kappa shape index (κ2) is 5.43. The molecule has 1 nitrogen and oxygen atoms in total. The minimum absolute atomic E-state index is 0.747. The van der Waals surface area contributed by atoms with Gasteiger partial charge in [0.05, 0.1) is 0 Å². The van der Waals surface area contributed by atoms with Crippen molar-refractivity contribution in [2.45, 2.75) is 52.0 Å². The summed E-state index contributed by atoms with van der Waals surface area (Å²) in [5.74, 6) is 0.860. The van der Waals surface area contributed by atoms with Crippen LogP contribution in [-0.4, -0.2) is 12.6 Å². The molecule has 1 fully saturated rings. The van der Waals surface area contributed by atoms with Crippen LogP contribution >= 0.6 is 0 Å². The molecule has 1 N–H and O–H groups in total. The fourth-order valence-corrected chi connectivity index (χ4v) is 2.02. The van der Waals surface area contributed by atoms with E-state index in [4.69, 9.17) is 0 Å². The van der Waals surface area contributed by atoms with Crippen LogP contribution in [0.5, 0.6) is 0 Å². The lowest BCUT2D eigenvalue weighted by atomic mass is 9.86. The molecule has 0 aromatic carbocycles. The van der Waals surface area contributed by atoms with E-state index in [1.165, 1.54) is 31.3 Å². The molecule has 0 heterocycles. The normalized spacial score (nSPS) is 28.8. The summed E-state index contributed by atoms with van der Waals surface area (Å²) >= 11 is 0. The van der Waals surface area contributed by atoms with E-state index >= 15 is 0 Å². The largest absolute Gasteiger partial charge is 0.310 e. The molecular formula is C12H23N. The SMILES string of the molecule is C=C(CC)CNC1CCCCC1C. The van der Waals surface area contributed by atoms with Gasteiger partial charge in [0.1, 0.15) is 0 Å². The van der Waals surface area contributed by atoms with Crippen LogP contribution in [0.1, 0.15) is 46.0 Å². The van der Waals surface area contributed by atoms with Crippen molar-refractivity contribution < 1.29 is 0 Å². The highest BCUT2D eigenvalue weighted by Gasteiger charge is 2.20. The molecule has 76 valence electrons. The summed E-state index contributed by atoms with van der Waals surface area (Å²) in [6.07, 6.45) is 6.69. The van der Waals surface area contributed by atoms with Crippen molar-refractivity contribution in [2.75, 3.05) is 6.54 Å². The van der Waals surface area contributed by atoms with E-state index in [0.29, 0.717) is 0 Å². The van der Waals surface area contributed by atoms with Gasteiger partial charge in [0.15, 0.2) is 0 Å². The van der Waals surface area contributed by atoms with E-state index in [-0.39, 0.29) is 0 Å². The summed E-state index contributed by atoms with van der Waals surface area (Å²) in [6.45, 7) is 9.58. The van der Waals surface area contributed by atoms with E-state index in [9.17, 15) is 0 Å². The van der Waals surface area contributed by atoms with Crippen molar-refractivity contribution in [3.8, 4) is 0 Å². The lowest BCUT2D eigenvalue weighted by Gasteiger charge is -2.29. The minimum atomic E-state index is 0.747. The summed E-state index contributed by atoms with van der Waals surface area (Å²) in [6, 6.07) is 0.747. The van der Waals surface area contributed by atoms with E-state index in [1.807, 2.05) is 0 Å². The van der Waals surface area contributed by atoms with Crippen LogP contribution in [0, 0.1) is 5.92 Å². The Morgan fingerprint density at radius 2 is 2.08 bits per heavy atom. The topological polar surface area (TPSA) is 12.0 Å². The number of rotatable bonds is 4. The quantitative estimate of drug-likeness (QED) is 0.657. The van der Waals surface area contributed by atoms with Gasteiger partial charge in [-0.25, -0.2) is 0 Å². The van der Waals surface area contributed by atoms with Gasteiger partial charge < -0.3 is 5.32 Å². The van der Waals surface area contributed by atoms with Gasteiger partial charge in [0.25, 0.3) is 0 Å². The summed E-state index contributed by atoms with van der Waals surface area (Å²) in [4.78, 5) is 0. The van der Waals surface area contributed by atoms with Gasteiger partial charge in [0.2, 0.25) is 0 Å². The Labute approximate surface area is 82.6 Å². The van der Waals surface area contributed by atoms with Crippen molar-refractivity contribution in [2.24, 2.45) is 5.92 Å². The maximum absolute atomic E-state index is 4.02. The second-order valence-electron chi connectivity index (χ2n) is 4.35. The average molecular weight is 181 g/mol. The van der Waals surface area contributed by atoms with E-state index in [1.54, 1.807) is 0 Å². The first-order chi connectivity index (χ1) is 6.24. The molecule has 2 unspecified atom stereocenters. The third-order valence-corrected chi connectivity index (χ3v) is 3.23. The zero-order chi connectivity index (χ0) is 9.68. The van der Waals surface area contributed by atoms with Gasteiger partial charge in [-0.1, -0.05) is 38.8 Å². The van der Waals surface area contributed by atoms with Crippen LogP contribution in [0.15, 0.2) is 12.2 Å².